The van der Waals surface area contributed by atoms with Crippen molar-refractivity contribution in [1.29, 1.82) is 0 Å². The first-order valence-electron chi connectivity index (χ1n) is 8.89. The van der Waals surface area contributed by atoms with E-state index in [4.69, 9.17) is 0 Å². The highest BCUT2D eigenvalue weighted by molar-refractivity contribution is 5.83. The van der Waals surface area contributed by atoms with Gasteiger partial charge in [-0.25, -0.2) is 4.39 Å². The van der Waals surface area contributed by atoms with E-state index in [0.29, 0.717) is 17.9 Å². The summed E-state index contributed by atoms with van der Waals surface area (Å²) in [5.41, 5.74) is 4.91. The highest BCUT2D eigenvalue weighted by Gasteiger charge is 2.09. The molecule has 3 heteroatoms. The van der Waals surface area contributed by atoms with Crippen molar-refractivity contribution in [2.45, 2.75) is 33.1 Å². The zero-order chi connectivity index (χ0) is 17.8. The zero-order valence-corrected chi connectivity index (χ0v) is 15.1. The molecule has 0 unspecified atom stereocenters. The predicted octanol–water partition coefficient (Wildman–Crippen LogP) is 5.60. The molecular formula is C22H25FN2. The molecule has 0 spiro atoms. The summed E-state index contributed by atoms with van der Waals surface area (Å²) < 4.78 is 14.3. The third-order valence-electron chi connectivity index (χ3n) is 4.63. The van der Waals surface area contributed by atoms with Gasteiger partial charge in [0.25, 0.3) is 0 Å². The van der Waals surface area contributed by atoms with E-state index in [0.717, 1.165) is 28.6 Å². The number of aromatic nitrogens is 1. The summed E-state index contributed by atoms with van der Waals surface area (Å²) >= 11 is 0. The van der Waals surface area contributed by atoms with Gasteiger partial charge in [0, 0.05) is 30.7 Å². The van der Waals surface area contributed by atoms with Gasteiger partial charge >= 0.3 is 0 Å². The van der Waals surface area contributed by atoms with Crippen molar-refractivity contribution in [3.8, 4) is 0 Å². The van der Waals surface area contributed by atoms with Crippen LogP contribution in [0.1, 0.15) is 37.0 Å². The second-order valence-electron chi connectivity index (χ2n) is 6.99. The van der Waals surface area contributed by atoms with Crippen molar-refractivity contribution in [3.05, 3.63) is 71.2 Å². The fraction of sp³-hybridized carbons (Fsp3) is 0.318. The Labute approximate surface area is 149 Å². The van der Waals surface area contributed by atoms with E-state index >= 15 is 0 Å². The first-order valence-corrected chi connectivity index (χ1v) is 8.89. The average molecular weight is 336 g/mol. The first kappa shape index (κ1) is 17.4. The Morgan fingerprint density at radius 1 is 1.04 bits per heavy atom. The lowest BCUT2D eigenvalue weighted by atomic mass is 9.97. The van der Waals surface area contributed by atoms with Crippen LogP contribution in [0.5, 0.6) is 0 Å². The molecule has 0 atom stereocenters. The van der Waals surface area contributed by atoms with Gasteiger partial charge in [-0.15, -0.1) is 0 Å². The highest BCUT2D eigenvalue weighted by atomic mass is 19.1. The van der Waals surface area contributed by atoms with Crippen molar-refractivity contribution in [3.63, 3.8) is 0 Å². The van der Waals surface area contributed by atoms with Crippen LogP contribution in [0, 0.1) is 11.7 Å². The minimum atomic E-state index is -0.176. The molecule has 1 heterocycles. The van der Waals surface area contributed by atoms with Gasteiger partial charge in [-0.2, -0.15) is 0 Å². The fourth-order valence-corrected chi connectivity index (χ4v) is 3.07. The lowest BCUT2D eigenvalue weighted by Gasteiger charge is -2.10. The third-order valence-corrected chi connectivity index (χ3v) is 4.63. The summed E-state index contributed by atoms with van der Waals surface area (Å²) in [6, 6.07) is 13.8. The number of hydrogen-bond donors (Lipinski definition) is 1. The molecule has 0 aliphatic carbocycles. The van der Waals surface area contributed by atoms with E-state index in [1.807, 2.05) is 24.4 Å². The standard InChI is InChI=1S/C22H25FN2/c1-15(2)4-5-16-6-9-20-17(10-11-25-22(20)12-16)13-18-7-8-19(24-3)14-21(18)23/h6-12,14-15,24H,4-5,13H2,1-3H3. The van der Waals surface area contributed by atoms with Crippen LogP contribution in [0.4, 0.5) is 10.1 Å². The van der Waals surface area contributed by atoms with Gasteiger partial charge in [0.05, 0.1) is 5.52 Å². The molecule has 0 aliphatic heterocycles. The van der Waals surface area contributed by atoms with E-state index < -0.39 is 0 Å². The van der Waals surface area contributed by atoms with Gasteiger partial charge in [-0.3, -0.25) is 4.98 Å². The van der Waals surface area contributed by atoms with Crippen molar-refractivity contribution in [2.24, 2.45) is 5.92 Å². The molecule has 2 aromatic carbocycles. The number of anilines is 1. The number of pyridine rings is 1. The van der Waals surface area contributed by atoms with Crippen LogP contribution >= 0.6 is 0 Å². The Bertz CT molecular complexity index is 871. The van der Waals surface area contributed by atoms with Crippen molar-refractivity contribution in [1.82, 2.24) is 4.98 Å². The third kappa shape index (κ3) is 4.16. The number of rotatable bonds is 6. The van der Waals surface area contributed by atoms with Crippen LogP contribution < -0.4 is 5.32 Å². The molecule has 0 fully saturated rings. The summed E-state index contributed by atoms with van der Waals surface area (Å²) in [4.78, 5) is 4.52. The Morgan fingerprint density at radius 3 is 2.60 bits per heavy atom. The fourth-order valence-electron chi connectivity index (χ4n) is 3.07. The summed E-state index contributed by atoms with van der Waals surface area (Å²) in [5, 5.41) is 4.07. The van der Waals surface area contributed by atoms with E-state index in [-0.39, 0.29) is 5.82 Å². The lowest BCUT2D eigenvalue weighted by Crippen LogP contribution is -1.98. The molecule has 3 aromatic rings. The van der Waals surface area contributed by atoms with E-state index in [2.05, 4.69) is 42.3 Å². The van der Waals surface area contributed by atoms with Crippen LogP contribution in [-0.4, -0.2) is 12.0 Å². The minimum Gasteiger partial charge on any atom is -0.388 e. The van der Waals surface area contributed by atoms with Gasteiger partial charge < -0.3 is 5.32 Å². The molecule has 1 aromatic heterocycles. The highest BCUT2D eigenvalue weighted by Crippen LogP contribution is 2.24. The largest absolute Gasteiger partial charge is 0.388 e. The average Bonchev–Trinajstić information content (AvgIpc) is 2.61. The predicted molar refractivity (Wildman–Crippen MR) is 104 cm³/mol. The topological polar surface area (TPSA) is 24.9 Å². The summed E-state index contributed by atoms with van der Waals surface area (Å²) in [6.07, 6.45) is 4.64. The molecule has 0 saturated carbocycles. The molecule has 25 heavy (non-hydrogen) atoms. The number of hydrogen-bond acceptors (Lipinski definition) is 2. The number of aryl methyl sites for hydroxylation is 1. The molecule has 1 N–H and O–H groups in total. The molecule has 3 rings (SSSR count). The Morgan fingerprint density at radius 2 is 1.88 bits per heavy atom. The maximum absolute atomic E-state index is 14.3. The van der Waals surface area contributed by atoms with Gasteiger partial charge in [0.2, 0.25) is 0 Å². The maximum atomic E-state index is 14.3. The Balaban J connectivity index is 1.89. The van der Waals surface area contributed by atoms with Gasteiger partial charge in [0.15, 0.2) is 0 Å². The SMILES string of the molecule is CNc1ccc(Cc2ccnc3cc(CCC(C)C)ccc23)c(F)c1. The molecule has 0 bridgehead atoms. The summed E-state index contributed by atoms with van der Waals surface area (Å²) in [5.74, 6) is 0.518. The first-order chi connectivity index (χ1) is 12.1. The molecule has 0 radical (unpaired) electrons. The lowest BCUT2D eigenvalue weighted by molar-refractivity contribution is 0.587. The van der Waals surface area contributed by atoms with Crippen LogP contribution in [0.25, 0.3) is 10.9 Å². The van der Waals surface area contributed by atoms with Gasteiger partial charge in [-0.05, 0) is 59.7 Å². The number of halogens is 1. The van der Waals surface area contributed by atoms with E-state index in [1.54, 1.807) is 13.1 Å². The van der Waals surface area contributed by atoms with Crippen molar-refractivity contribution in [2.75, 3.05) is 12.4 Å². The molecule has 0 aliphatic rings. The van der Waals surface area contributed by atoms with E-state index in [1.165, 1.54) is 12.0 Å². The monoisotopic (exact) mass is 336 g/mol. The Hall–Kier alpha value is -2.42. The molecule has 0 amide bonds. The molecule has 0 saturated heterocycles. The second kappa shape index (κ2) is 7.64. The Kier molecular flexibility index (Phi) is 5.32. The molecular weight excluding hydrogens is 311 g/mol. The smallest absolute Gasteiger partial charge is 0.128 e. The van der Waals surface area contributed by atoms with Crippen LogP contribution in [0.3, 0.4) is 0 Å². The quantitative estimate of drug-likeness (QED) is 0.634. The van der Waals surface area contributed by atoms with Crippen LogP contribution in [0.2, 0.25) is 0 Å². The van der Waals surface area contributed by atoms with Gasteiger partial charge in [-0.1, -0.05) is 32.0 Å². The molecule has 130 valence electrons. The summed E-state index contributed by atoms with van der Waals surface area (Å²) in [6.45, 7) is 4.48. The minimum absolute atomic E-state index is 0.176. The maximum Gasteiger partial charge on any atom is 0.128 e. The number of nitrogens with one attached hydrogen (secondary N) is 1. The van der Waals surface area contributed by atoms with Crippen molar-refractivity contribution >= 4 is 16.6 Å². The zero-order valence-electron chi connectivity index (χ0n) is 15.1. The van der Waals surface area contributed by atoms with E-state index in [9.17, 15) is 4.39 Å². The van der Waals surface area contributed by atoms with Gasteiger partial charge in [0.1, 0.15) is 5.82 Å². The van der Waals surface area contributed by atoms with Crippen LogP contribution in [-0.2, 0) is 12.8 Å². The van der Waals surface area contributed by atoms with Crippen molar-refractivity contribution < 1.29 is 4.39 Å². The number of nitrogens with zero attached hydrogens (tertiary/aromatic N) is 1. The summed E-state index contributed by atoms with van der Waals surface area (Å²) in [7, 11) is 1.79. The number of fused-ring (bicyclic) bond motifs is 1. The molecule has 2 nitrogen and oxygen atoms in total. The number of benzene rings is 2. The normalized spacial score (nSPS) is 11.2. The second-order valence-corrected chi connectivity index (χ2v) is 6.99. The van der Waals surface area contributed by atoms with Crippen LogP contribution in [0.15, 0.2) is 48.7 Å².